The van der Waals surface area contributed by atoms with Gasteiger partial charge in [0, 0.05) is 6.54 Å². The highest BCUT2D eigenvalue weighted by atomic mass is 19.4. The van der Waals surface area contributed by atoms with Gasteiger partial charge in [0.05, 0.1) is 6.42 Å². The van der Waals surface area contributed by atoms with Gasteiger partial charge in [0.1, 0.15) is 11.6 Å². The fraction of sp³-hybridized carbons (Fsp3) is 0.857. The summed E-state index contributed by atoms with van der Waals surface area (Å²) >= 11 is 0. The maximum absolute atomic E-state index is 12.6. The van der Waals surface area contributed by atoms with Crippen LogP contribution in [-0.2, 0) is 9.59 Å². The van der Waals surface area contributed by atoms with Crippen LogP contribution in [0.1, 0.15) is 44.9 Å². The van der Waals surface area contributed by atoms with Crippen molar-refractivity contribution >= 4 is 11.8 Å². The van der Waals surface area contributed by atoms with Crippen molar-refractivity contribution in [1.29, 1.82) is 0 Å². The summed E-state index contributed by atoms with van der Waals surface area (Å²) in [5, 5.41) is 2.78. The van der Waals surface area contributed by atoms with Crippen molar-refractivity contribution in [2.45, 2.75) is 62.7 Å². The first-order valence-corrected chi connectivity index (χ1v) is 7.53. The number of alkyl halides is 3. The Morgan fingerprint density at radius 3 is 2.33 bits per heavy atom. The van der Waals surface area contributed by atoms with E-state index in [1.807, 2.05) is 0 Å². The SMILES string of the molecule is O=C1C(C2CC2)NC(=O)C2(CCCC2)N1CCC(F)(F)F. The number of carbonyl (C=O) groups excluding carboxylic acids is 2. The van der Waals surface area contributed by atoms with E-state index in [4.69, 9.17) is 0 Å². The van der Waals surface area contributed by atoms with Crippen LogP contribution in [0, 0.1) is 5.92 Å². The normalized spacial score (nSPS) is 29.1. The molecule has 0 aromatic heterocycles. The summed E-state index contributed by atoms with van der Waals surface area (Å²) in [6.45, 7) is -0.404. The van der Waals surface area contributed by atoms with E-state index in [-0.39, 0.29) is 17.7 Å². The van der Waals surface area contributed by atoms with Gasteiger partial charge in [-0.15, -0.1) is 0 Å². The van der Waals surface area contributed by atoms with Crippen molar-refractivity contribution in [2.24, 2.45) is 5.92 Å². The van der Waals surface area contributed by atoms with E-state index in [9.17, 15) is 22.8 Å². The van der Waals surface area contributed by atoms with Crippen LogP contribution in [0.2, 0.25) is 0 Å². The maximum Gasteiger partial charge on any atom is 0.390 e. The van der Waals surface area contributed by atoms with Crippen molar-refractivity contribution < 1.29 is 22.8 Å². The Labute approximate surface area is 121 Å². The number of hydrogen-bond donors (Lipinski definition) is 1. The molecule has 2 aliphatic carbocycles. The van der Waals surface area contributed by atoms with Crippen molar-refractivity contribution in [3.8, 4) is 0 Å². The first-order chi connectivity index (χ1) is 9.83. The van der Waals surface area contributed by atoms with Gasteiger partial charge in [0.25, 0.3) is 0 Å². The number of nitrogens with zero attached hydrogens (tertiary/aromatic N) is 1. The molecule has 1 spiro atoms. The first kappa shape index (κ1) is 14.7. The van der Waals surface area contributed by atoms with E-state index in [0.717, 1.165) is 25.7 Å². The molecule has 7 heteroatoms. The smallest absolute Gasteiger partial charge is 0.342 e. The minimum absolute atomic E-state index is 0.105. The largest absolute Gasteiger partial charge is 0.390 e. The molecule has 1 saturated heterocycles. The van der Waals surface area contributed by atoms with Gasteiger partial charge < -0.3 is 10.2 Å². The van der Waals surface area contributed by atoms with Crippen molar-refractivity contribution in [3.63, 3.8) is 0 Å². The average molecular weight is 304 g/mol. The monoisotopic (exact) mass is 304 g/mol. The molecule has 21 heavy (non-hydrogen) atoms. The lowest BCUT2D eigenvalue weighted by atomic mass is 9.88. The Hall–Kier alpha value is -1.27. The molecule has 1 unspecified atom stereocenters. The van der Waals surface area contributed by atoms with Gasteiger partial charge in [-0.25, -0.2) is 0 Å². The number of halogens is 3. The molecule has 0 bridgehead atoms. The van der Waals surface area contributed by atoms with Crippen LogP contribution in [0.25, 0.3) is 0 Å². The molecule has 2 saturated carbocycles. The summed E-state index contributed by atoms with van der Waals surface area (Å²) in [4.78, 5) is 26.3. The zero-order valence-electron chi connectivity index (χ0n) is 11.7. The number of nitrogens with one attached hydrogen (secondary N) is 1. The summed E-state index contributed by atoms with van der Waals surface area (Å²) in [6, 6.07) is -0.614. The number of carbonyl (C=O) groups is 2. The minimum Gasteiger partial charge on any atom is -0.342 e. The highest BCUT2D eigenvalue weighted by Gasteiger charge is 2.56. The van der Waals surface area contributed by atoms with E-state index < -0.39 is 30.7 Å². The molecule has 2 amide bonds. The van der Waals surface area contributed by atoms with E-state index in [2.05, 4.69) is 5.32 Å². The van der Waals surface area contributed by atoms with Gasteiger partial charge in [0.15, 0.2) is 0 Å². The Kier molecular flexibility index (Phi) is 3.41. The molecule has 1 N–H and O–H groups in total. The van der Waals surface area contributed by atoms with Gasteiger partial charge in [-0.2, -0.15) is 13.2 Å². The molecule has 0 aromatic rings. The molecule has 1 atom stereocenters. The molecular weight excluding hydrogens is 285 g/mol. The Balaban J connectivity index is 1.84. The summed E-state index contributed by atoms with van der Waals surface area (Å²) < 4.78 is 37.6. The highest BCUT2D eigenvalue weighted by Crippen LogP contribution is 2.42. The molecule has 4 nitrogen and oxygen atoms in total. The van der Waals surface area contributed by atoms with E-state index in [1.165, 1.54) is 4.90 Å². The van der Waals surface area contributed by atoms with Gasteiger partial charge in [-0.3, -0.25) is 9.59 Å². The molecule has 118 valence electrons. The summed E-state index contributed by atoms with van der Waals surface area (Å²) in [5.74, 6) is -0.462. The van der Waals surface area contributed by atoms with Crippen LogP contribution in [0.3, 0.4) is 0 Å². The van der Waals surface area contributed by atoms with Crippen LogP contribution < -0.4 is 5.32 Å². The van der Waals surface area contributed by atoms with Crippen LogP contribution in [-0.4, -0.2) is 41.0 Å². The molecule has 1 aliphatic heterocycles. The fourth-order valence-electron chi connectivity index (χ4n) is 3.61. The maximum atomic E-state index is 12.6. The number of hydrogen-bond acceptors (Lipinski definition) is 2. The van der Waals surface area contributed by atoms with Gasteiger partial charge in [0.2, 0.25) is 11.8 Å². The van der Waals surface area contributed by atoms with Gasteiger partial charge in [-0.1, -0.05) is 12.8 Å². The van der Waals surface area contributed by atoms with Crippen molar-refractivity contribution in [3.05, 3.63) is 0 Å². The lowest BCUT2D eigenvalue weighted by Crippen LogP contribution is -2.70. The van der Waals surface area contributed by atoms with Crippen molar-refractivity contribution in [2.75, 3.05) is 6.54 Å². The summed E-state index contributed by atoms with van der Waals surface area (Å²) in [5.41, 5.74) is -1.03. The zero-order valence-corrected chi connectivity index (χ0v) is 11.7. The lowest BCUT2D eigenvalue weighted by Gasteiger charge is -2.46. The second-order valence-electron chi connectivity index (χ2n) is 6.38. The van der Waals surface area contributed by atoms with Crippen LogP contribution in [0.15, 0.2) is 0 Å². The highest BCUT2D eigenvalue weighted by molar-refractivity contribution is 6.00. The second kappa shape index (κ2) is 4.88. The number of rotatable bonds is 3. The Bertz CT molecular complexity index is 454. The van der Waals surface area contributed by atoms with Gasteiger partial charge >= 0.3 is 6.18 Å². The average Bonchev–Trinajstić information content (AvgIpc) is 3.11. The first-order valence-electron chi connectivity index (χ1n) is 7.53. The fourth-order valence-corrected chi connectivity index (χ4v) is 3.61. The molecule has 3 aliphatic rings. The standard InChI is InChI=1S/C14H19F3N2O2/c15-14(16,17)7-8-19-11(20)10(9-3-4-9)18-12(21)13(19)5-1-2-6-13/h9-10H,1-8H2,(H,18,21). The van der Waals surface area contributed by atoms with Crippen molar-refractivity contribution in [1.82, 2.24) is 10.2 Å². The third-order valence-electron chi connectivity index (χ3n) is 4.90. The molecular formula is C14H19F3N2O2. The summed E-state index contributed by atoms with van der Waals surface area (Å²) in [7, 11) is 0. The number of piperazine rings is 1. The molecule has 1 heterocycles. The predicted molar refractivity (Wildman–Crippen MR) is 68.2 cm³/mol. The van der Waals surface area contributed by atoms with Crippen LogP contribution in [0.5, 0.6) is 0 Å². The van der Waals surface area contributed by atoms with Gasteiger partial charge in [-0.05, 0) is 31.6 Å². The summed E-state index contributed by atoms with van der Waals surface area (Å²) in [6.07, 6.45) is -1.16. The predicted octanol–water partition coefficient (Wildman–Crippen LogP) is 1.99. The quantitative estimate of drug-likeness (QED) is 0.867. The zero-order chi connectivity index (χ0) is 15.3. The Morgan fingerprint density at radius 1 is 1.19 bits per heavy atom. The van der Waals surface area contributed by atoms with E-state index in [0.29, 0.717) is 12.8 Å². The third kappa shape index (κ3) is 2.62. The topological polar surface area (TPSA) is 49.4 Å². The van der Waals surface area contributed by atoms with E-state index in [1.54, 1.807) is 0 Å². The minimum atomic E-state index is -4.32. The van der Waals surface area contributed by atoms with Crippen LogP contribution >= 0.6 is 0 Å². The molecule has 0 aromatic carbocycles. The molecule has 3 fully saturated rings. The number of amides is 2. The van der Waals surface area contributed by atoms with Crippen LogP contribution in [0.4, 0.5) is 13.2 Å². The Morgan fingerprint density at radius 2 is 1.81 bits per heavy atom. The lowest BCUT2D eigenvalue weighted by molar-refractivity contribution is -0.166. The van der Waals surface area contributed by atoms with E-state index >= 15 is 0 Å². The second-order valence-corrected chi connectivity index (χ2v) is 6.38. The molecule has 0 radical (unpaired) electrons. The molecule has 3 rings (SSSR count). The third-order valence-corrected chi connectivity index (χ3v) is 4.90.